The van der Waals surface area contributed by atoms with Gasteiger partial charge in [-0.15, -0.1) is 0 Å². The number of hydrogen-bond acceptors (Lipinski definition) is 3. The lowest BCUT2D eigenvalue weighted by molar-refractivity contribution is 0.0696. The molecule has 0 aliphatic rings. The van der Waals surface area contributed by atoms with E-state index in [1.165, 1.54) is 12.1 Å². The summed E-state index contributed by atoms with van der Waals surface area (Å²) >= 11 is 5.83. The number of sulfonamides is 1. The van der Waals surface area contributed by atoms with Crippen LogP contribution in [0.15, 0.2) is 41.3 Å². The van der Waals surface area contributed by atoms with E-state index in [2.05, 4.69) is 4.72 Å². The average molecular weight is 340 g/mol. The van der Waals surface area contributed by atoms with Crippen LogP contribution in [0.5, 0.6) is 0 Å². The first-order valence-corrected chi connectivity index (χ1v) is 8.20. The van der Waals surface area contributed by atoms with Crippen molar-refractivity contribution in [2.75, 3.05) is 4.72 Å². The molecular formula is C15H14ClNO4S. The number of carboxylic acid groups (broad SMARTS) is 1. The zero-order chi connectivity index (χ0) is 16.5. The van der Waals surface area contributed by atoms with Crippen molar-refractivity contribution < 1.29 is 18.3 Å². The van der Waals surface area contributed by atoms with E-state index in [9.17, 15) is 13.2 Å². The zero-order valence-electron chi connectivity index (χ0n) is 11.9. The number of anilines is 1. The second-order valence-corrected chi connectivity index (χ2v) is 6.92. The molecule has 0 aliphatic carbocycles. The summed E-state index contributed by atoms with van der Waals surface area (Å²) in [5, 5.41) is 9.48. The largest absolute Gasteiger partial charge is 0.478 e. The number of nitrogens with one attached hydrogen (secondary N) is 1. The van der Waals surface area contributed by atoms with Crippen LogP contribution in [-0.2, 0) is 10.0 Å². The summed E-state index contributed by atoms with van der Waals surface area (Å²) in [7, 11) is -3.91. The zero-order valence-corrected chi connectivity index (χ0v) is 13.5. The lowest BCUT2D eigenvalue weighted by atomic mass is 10.1. The third kappa shape index (κ3) is 3.40. The maximum absolute atomic E-state index is 12.5. The van der Waals surface area contributed by atoms with Crippen LogP contribution >= 0.6 is 11.6 Å². The Kier molecular flexibility index (Phi) is 4.44. The minimum absolute atomic E-state index is 0.0649. The van der Waals surface area contributed by atoms with E-state index in [1.807, 2.05) is 0 Å². The molecule has 2 aromatic rings. The molecule has 7 heteroatoms. The molecule has 0 bridgehead atoms. The molecule has 116 valence electrons. The van der Waals surface area contributed by atoms with Crippen LogP contribution < -0.4 is 4.72 Å². The Morgan fingerprint density at radius 1 is 1.18 bits per heavy atom. The van der Waals surface area contributed by atoms with Crippen molar-refractivity contribution >= 4 is 33.3 Å². The predicted octanol–water partition coefficient (Wildman–Crippen LogP) is 3.46. The fourth-order valence-corrected chi connectivity index (χ4v) is 3.58. The summed E-state index contributed by atoms with van der Waals surface area (Å²) in [4.78, 5) is 11.0. The molecule has 0 aromatic heterocycles. The first-order valence-electron chi connectivity index (χ1n) is 6.33. The van der Waals surface area contributed by atoms with E-state index in [0.717, 1.165) is 6.07 Å². The Morgan fingerprint density at radius 2 is 1.86 bits per heavy atom. The Labute approximate surface area is 133 Å². The Bertz CT molecular complexity index is 847. The Morgan fingerprint density at radius 3 is 2.45 bits per heavy atom. The summed E-state index contributed by atoms with van der Waals surface area (Å²) in [6.45, 7) is 3.30. The maximum Gasteiger partial charge on any atom is 0.335 e. The fraction of sp³-hybridized carbons (Fsp3) is 0.133. The highest BCUT2D eigenvalue weighted by Gasteiger charge is 2.21. The van der Waals surface area contributed by atoms with E-state index in [0.29, 0.717) is 21.8 Å². The number of carbonyl (C=O) groups is 1. The molecule has 0 saturated carbocycles. The van der Waals surface area contributed by atoms with Gasteiger partial charge in [-0.2, -0.15) is 0 Å². The normalized spacial score (nSPS) is 11.2. The van der Waals surface area contributed by atoms with E-state index < -0.39 is 16.0 Å². The van der Waals surface area contributed by atoms with Crippen LogP contribution in [-0.4, -0.2) is 19.5 Å². The van der Waals surface area contributed by atoms with Crippen LogP contribution in [0.2, 0.25) is 5.02 Å². The highest BCUT2D eigenvalue weighted by molar-refractivity contribution is 7.92. The van der Waals surface area contributed by atoms with Gasteiger partial charge < -0.3 is 5.11 Å². The molecule has 0 fully saturated rings. The smallest absolute Gasteiger partial charge is 0.335 e. The number of rotatable bonds is 4. The molecule has 0 amide bonds. The average Bonchev–Trinajstić information content (AvgIpc) is 2.40. The van der Waals surface area contributed by atoms with Gasteiger partial charge in [0.15, 0.2) is 0 Å². The number of benzene rings is 2. The van der Waals surface area contributed by atoms with E-state index >= 15 is 0 Å². The summed E-state index contributed by atoms with van der Waals surface area (Å²) in [5.41, 5.74) is 1.32. The highest BCUT2D eigenvalue weighted by atomic mass is 35.5. The van der Waals surface area contributed by atoms with Crippen molar-refractivity contribution in [3.8, 4) is 0 Å². The fourth-order valence-electron chi connectivity index (χ4n) is 1.99. The number of halogens is 1. The van der Waals surface area contributed by atoms with Crippen LogP contribution in [0.25, 0.3) is 0 Å². The van der Waals surface area contributed by atoms with Crippen molar-refractivity contribution in [3.05, 3.63) is 58.1 Å². The SMILES string of the molecule is Cc1cc(C(=O)O)cc(S(=O)(=O)Nc2cccc(Cl)c2)c1C. The lowest BCUT2D eigenvalue weighted by Gasteiger charge is -2.13. The monoisotopic (exact) mass is 339 g/mol. The molecule has 0 unspecified atom stereocenters. The number of hydrogen-bond donors (Lipinski definition) is 2. The summed E-state index contributed by atoms with van der Waals surface area (Å²) in [5.74, 6) is -1.18. The molecule has 2 rings (SSSR count). The molecule has 0 spiro atoms. The van der Waals surface area contributed by atoms with E-state index in [-0.39, 0.29) is 10.5 Å². The van der Waals surface area contributed by atoms with E-state index in [1.54, 1.807) is 32.0 Å². The number of aryl methyl sites for hydroxylation is 1. The van der Waals surface area contributed by atoms with Gasteiger partial charge in [-0.1, -0.05) is 17.7 Å². The minimum Gasteiger partial charge on any atom is -0.478 e. The van der Waals surface area contributed by atoms with Gasteiger partial charge in [-0.25, -0.2) is 13.2 Å². The Hall–Kier alpha value is -2.05. The molecular weight excluding hydrogens is 326 g/mol. The molecule has 0 aliphatic heterocycles. The molecule has 2 aromatic carbocycles. The van der Waals surface area contributed by atoms with Crippen molar-refractivity contribution in [2.24, 2.45) is 0 Å². The molecule has 22 heavy (non-hydrogen) atoms. The van der Waals surface area contributed by atoms with E-state index in [4.69, 9.17) is 16.7 Å². The molecule has 0 saturated heterocycles. The maximum atomic E-state index is 12.5. The molecule has 0 heterocycles. The second kappa shape index (κ2) is 5.98. The predicted molar refractivity (Wildman–Crippen MR) is 85.1 cm³/mol. The number of carboxylic acids is 1. The molecule has 0 atom stereocenters. The van der Waals surface area contributed by atoms with Crippen LogP contribution in [0.4, 0.5) is 5.69 Å². The van der Waals surface area contributed by atoms with Crippen molar-refractivity contribution in [1.29, 1.82) is 0 Å². The summed E-state index contributed by atoms with van der Waals surface area (Å²) < 4.78 is 27.4. The van der Waals surface area contributed by atoms with Crippen molar-refractivity contribution in [2.45, 2.75) is 18.7 Å². The van der Waals surface area contributed by atoms with Crippen LogP contribution in [0.1, 0.15) is 21.5 Å². The van der Waals surface area contributed by atoms with Gasteiger partial charge in [0, 0.05) is 5.02 Å². The van der Waals surface area contributed by atoms with Crippen LogP contribution in [0.3, 0.4) is 0 Å². The topological polar surface area (TPSA) is 83.5 Å². The quantitative estimate of drug-likeness (QED) is 0.893. The van der Waals surface area contributed by atoms with Crippen LogP contribution in [0, 0.1) is 13.8 Å². The van der Waals surface area contributed by atoms with Gasteiger partial charge in [0.1, 0.15) is 0 Å². The van der Waals surface area contributed by atoms with Gasteiger partial charge in [0.25, 0.3) is 10.0 Å². The molecule has 5 nitrogen and oxygen atoms in total. The summed E-state index contributed by atoms with van der Waals surface area (Å²) in [6.07, 6.45) is 0. The first kappa shape index (κ1) is 16.3. The molecule has 2 N–H and O–H groups in total. The first-order chi connectivity index (χ1) is 10.2. The second-order valence-electron chi connectivity index (χ2n) is 4.84. The van der Waals surface area contributed by atoms with Gasteiger partial charge in [0.2, 0.25) is 0 Å². The van der Waals surface area contributed by atoms with Gasteiger partial charge in [-0.05, 0) is 55.3 Å². The third-order valence-electron chi connectivity index (χ3n) is 3.23. The standard InChI is InChI=1S/C15H14ClNO4S/c1-9-6-11(15(18)19)7-14(10(9)2)22(20,21)17-13-5-3-4-12(16)8-13/h3-8,17H,1-2H3,(H,18,19). The third-order valence-corrected chi connectivity index (χ3v) is 4.98. The van der Waals surface area contributed by atoms with Gasteiger partial charge >= 0.3 is 5.97 Å². The number of aromatic carboxylic acids is 1. The van der Waals surface area contributed by atoms with Crippen molar-refractivity contribution in [1.82, 2.24) is 0 Å². The minimum atomic E-state index is -3.91. The summed E-state index contributed by atoms with van der Waals surface area (Å²) in [6, 6.07) is 8.87. The lowest BCUT2D eigenvalue weighted by Crippen LogP contribution is -2.16. The van der Waals surface area contributed by atoms with Gasteiger partial charge in [-0.3, -0.25) is 4.72 Å². The van der Waals surface area contributed by atoms with Gasteiger partial charge in [0.05, 0.1) is 16.1 Å². The highest BCUT2D eigenvalue weighted by Crippen LogP contribution is 2.24. The Balaban J connectivity index is 2.51. The van der Waals surface area contributed by atoms with Crippen molar-refractivity contribution in [3.63, 3.8) is 0 Å². The molecule has 0 radical (unpaired) electrons.